The molecule has 2 heteroatoms. The number of ether oxygens (including phenoxy) is 2. The predicted molar refractivity (Wildman–Crippen MR) is 71.4 cm³/mol. The quantitative estimate of drug-likeness (QED) is 0.751. The molecule has 0 aromatic heterocycles. The molecule has 1 rings (SSSR count). The Balaban J connectivity index is 2.87. The van der Waals surface area contributed by atoms with Crippen LogP contribution >= 0.6 is 0 Å². The van der Waals surface area contributed by atoms with E-state index in [1.165, 1.54) is 5.56 Å². The standard InChI is InChI=1S/C15H24O2/c1-12(2)17-11-14(15(3,4)16-5)13-9-7-6-8-10-13/h6-10,12,14H,11H2,1-5H3. The number of rotatable bonds is 6. The molecule has 96 valence electrons. The second kappa shape index (κ2) is 6.18. The molecule has 17 heavy (non-hydrogen) atoms. The zero-order valence-corrected chi connectivity index (χ0v) is 11.6. The van der Waals surface area contributed by atoms with Gasteiger partial charge in [0.05, 0.1) is 18.3 Å². The van der Waals surface area contributed by atoms with Gasteiger partial charge in [0.25, 0.3) is 0 Å². The van der Waals surface area contributed by atoms with Gasteiger partial charge in [0, 0.05) is 13.0 Å². The molecule has 0 amide bonds. The normalized spacial score (nSPS) is 14.0. The lowest BCUT2D eigenvalue weighted by molar-refractivity contribution is -0.0397. The number of methoxy groups -OCH3 is 1. The number of hydrogen-bond donors (Lipinski definition) is 0. The summed E-state index contributed by atoms with van der Waals surface area (Å²) >= 11 is 0. The molecule has 0 bridgehead atoms. The highest BCUT2D eigenvalue weighted by atomic mass is 16.5. The van der Waals surface area contributed by atoms with Gasteiger partial charge >= 0.3 is 0 Å². The maximum Gasteiger partial charge on any atom is 0.0713 e. The van der Waals surface area contributed by atoms with Crippen molar-refractivity contribution in [1.82, 2.24) is 0 Å². The van der Waals surface area contributed by atoms with Crippen molar-refractivity contribution < 1.29 is 9.47 Å². The van der Waals surface area contributed by atoms with Crippen LogP contribution in [0.3, 0.4) is 0 Å². The molecule has 1 unspecified atom stereocenters. The molecule has 0 saturated heterocycles. The van der Waals surface area contributed by atoms with E-state index in [0.29, 0.717) is 6.61 Å². The van der Waals surface area contributed by atoms with Crippen LogP contribution in [-0.2, 0) is 9.47 Å². The Bertz CT molecular complexity index is 317. The smallest absolute Gasteiger partial charge is 0.0713 e. The molecule has 1 aromatic carbocycles. The van der Waals surface area contributed by atoms with Crippen molar-refractivity contribution in [3.05, 3.63) is 35.9 Å². The molecular formula is C15H24O2. The Kier molecular flexibility index (Phi) is 5.16. The maximum absolute atomic E-state index is 5.77. The van der Waals surface area contributed by atoms with Gasteiger partial charge in [-0.15, -0.1) is 0 Å². The summed E-state index contributed by atoms with van der Waals surface area (Å²) in [7, 11) is 1.76. The summed E-state index contributed by atoms with van der Waals surface area (Å²) in [5.41, 5.74) is 1.04. The minimum Gasteiger partial charge on any atom is -0.378 e. The Morgan fingerprint density at radius 2 is 1.71 bits per heavy atom. The molecule has 0 heterocycles. The third-order valence-corrected chi connectivity index (χ3v) is 3.16. The first-order valence-corrected chi connectivity index (χ1v) is 6.19. The maximum atomic E-state index is 5.77. The van der Waals surface area contributed by atoms with Crippen LogP contribution in [0.4, 0.5) is 0 Å². The molecule has 0 radical (unpaired) electrons. The minimum absolute atomic E-state index is 0.226. The van der Waals surface area contributed by atoms with Gasteiger partial charge in [-0.1, -0.05) is 30.3 Å². The highest BCUT2D eigenvalue weighted by molar-refractivity contribution is 5.22. The van der Waals surface area contributed by atoms with E-state index in [1.807, 2.05) is 6.07 Å². The average molecular weight is 236 g/mol. The van der Waals surface area contributed by atoms with Crippen LogP contribution in [0.5, 0.6) is 0 Å². The SMILES string of the molecule is COC(C)(C)C(COC(C)C)c1ccccc1. The van der Waals surface area contributed by atoms with E-state index in [0.717, 1.165) is 0 Å². The van der Waals surface area contributed by atoms with Gasteiger partial charge in [0.1, 0.15) is 0 Å². The van der Waals surface area contributed by atoms with Crippen LogP contribution in [-0.4, -0.2) is 25.4 Å². The monoisotopic (exact) mass is 236 g/mol. The van der Waals surface area contributed by atoms with Crippen molar-refractivity contribution in [2.24, 2.45) is 0 Å². The minimum atomic E-state index is -0.226. The summed E-state index contributed by atoms with van der Waals surface area (Å²) < 4.78 is 11.4. The predicted octanol–water partition coefficient (Wildman–Crippen LogP) is 3.62. The van der Waals surface area contributed by atoms with E-state index in [-0.39, 0.29) is 17.6 Å². The second-order valence-electron chi connectivity index (χ2n) is 5.15. The molecule has 0 aliphatic rings. The van der Waals surface area contributed by atoms with Crippen LogP contribution in [0.1, 0.15) is 39.2 Å². The fourth-order valence-electron chi connectivity index (χ4n) is 1.81. The van der Waals surface area contributed by atoms with Crippen LogP contribution in [0.15, 0.2) is 30.3 Å². The molecule has 0 aliphatic carbocycles. The Morgan fingerprint density at radius 3 is 2.18 bits per heavy atom. The fraction of sp³-hybridized carbons (Fsp3) is 0.600. The lowest BCUT2D eigenvalue weighted by Crippen LogP contribution is -2.35. The van der Waals surface area contributed by atoms with Crippen molar-refractivity contribution >= 4 is 0 Å². The lowest BCUT2D eigenvalue weighted by atomic mass is 9.85. The summed E-state index contributed by atoms with van der Waals surface area (Å²) in [4.78, 5) is 0. The van der Waals surface area contributed by atoms with Gasteiger partial charge in [0.15, 0.2) is 0 Å². The first-order valence-electron chi connectivity index (χ1n) is 6.19. The molecule has 1 aromatic rings. The van der Waals surface area contributed by atoms with E-state index in [4.69, 9.17) is 9.47 Å². The van der Waals surface area contributed by atoms with Crippen molar-refractivity contribution in [2.75, 3.05) is 13.7 Å². The highest BCUT2D eigenvalue weighted by Gasteiger charge is 2.31. The van der Waals surface area contributed by atoms with Crippen molar-refractivity contribution in [3.8, 4) is 0 Å². The summed E-state index contributed by atoms with van der Waals surface area (Å²) in [5, 5.41) is 0. The topological polar surface area (TPSA) is 18.5 Å². The summed E-state index contributed by atoms with van der Waals surface area (Å²) in [6.07, 6.45) is 0.244. The molecule has 0 spiro atoms. The van der Waals surface area contributed by atoms with E-state index >= 15 is 0 Å². The largest absolute Gasteiger partial charge is 0.378 e. The van der Waals surface area contributed by atoms with Crippen molar-refractivity contribution in [2.45, 2.75) is 45.3 Å². The third-order valence-electron chi connectivity index (χ3n) is 3.16. The van der Waals surface area contributed by atoms with Gasteiger partial charge in [0.2, 0.25) is 0 Å². The Morgan fingerprint density at radius 1 is 1.12 bits per heavy atom. The van der Waals surface area contributed by atoms with Crippen molar-refractivity contribution in [3.63, 3.8) is 0 Å². The van der Waals surface area contributed by atoms with Crippen molar-refractivity contribution in [1.29, 1.82) is 0 Å². The van der Waals surface area contributed by atoms with E-state index in [1.54, 1.807) is 7.11 Å². The molecular weight excluding hydrogens is 212 g/mol. The van der Waals surface area contributed by atoms with Gasteiger partial charge in [-0.3, -0.25) is 0 Å². The van der Waals surface area contributed by atoms with Gasteiger partial charge in [-0.2, -0.15) is 0 Å². The second-order valence-corrected chi connectivity index (χ2v) is 5.15. The zero-order chi connectivity index (χ0) is 12.9. The molecule has 0 aliphatic heterocycles. The average Bonchev–Trinajstić information content (AvgIpc) is 2.30. The summed E-state index contributed by atoms with van der Waals surface area (Å²) in [6.45, 7) is 9.01. The van der Waals surface area contributed by atoms with Crippen LogP contribution in [0.25, 0.3) is 0 Å². The molecule has 0 fully saturated rings. The van der Waals surface area contributed by atoms with Crippen LogP contribution in [0, 0.1) is 0 Å². The highest BCUT2D eigenvalue weighted by Crippen LogP contribution is 2.31. The lowest BCUT2D eigenvalue weighted by Gasteiger charge is -2.33. The van der Waals surface area contributed by atoms with E-state index < -0.39 is 0 Å². The first-order chi connectivity index (χ1) is 7.97. The molecule has 0 N–H and O–H groups in total. The van der Waals surface area contributed by atoms with Gasteiger partial charge < -0.3 is 9.47 Å². The zero-order valence-electron chi connectivity index (χ0n) is 11.6. The van der Waals surface area contributed by atoms with Gasteiger partial charge in [-0.05, 0) is 33.3 Å². The van der Waals surface area contributed by atoms with E-state index in [9.17, 15) is 0 Å². The molecule has 0 saturated carbocycles. The fourth-order valence-corrected chi connectivity index (χ4v) is 1.81. The number of benzene rings is 1. The Labute approximate surface area is 105 Å². The van der Waals surface area contributed by atoms with Gasteiger partial charge in [-0.25, -0.2) is 0 Å². The number of hydrogen-bond acceptors (Lipinski definition) is 2. The summed E-state index contributed by atoms with van der Waals surface area (Å²) in [6, 6.07) is 10.4. The van der Waals surface area contributed by atoms with E-state index in [2.05, 4.69) is 52.0 Å². The first kappa shape index (κ1) is 14.2. The Hall–Kier alpha value is -0.860. The molecule has 1 atom stereocenters. The van der Waals surface area contributed by atoms with Crippen LogP contribution in [0.2, 0.25) is 0 Å². The summed E-state index contributed by atoms with van der Waals surface area (Å²) in [5.74, 6) is 0.246. The molecule has 2 nitrogen and oxygen atoms in total. The third kappa shape index (κ3) is 4.14. The van der Waals surface area contributed by atoms with Crippen LogP contribution < -0.4 is 0 Å².